The third kappa shape index (κ3) is 5.08. The molecule has 0 saturated carbocycles. The highest BCUT2D eigenvalue weighted by Crippen LogP contribution is 2.28. The molecule has 3 aromatic rings. The number of aryl methyl sites for hydroxylation is 1. The van der Waals surface area contributed by atoms with Crippen molar-refractivity contribution in [3.8, 4) is 11.1 Å². The van der Waals surface area contributed by atoms with E-state index in [0.29, 0.717) is 11.1 Å². The average Bonchev–Trinajstić information content (AvgIpc) is 2.60. The van der Waals surface area contributed by atoms with E-state index < -0.39 is 21.5 Å². The smallest absolute Gasteiger partial charge is 0.182 e. The van der Waals surface area contributed by atoms with Crippen molar-refractivity contribution in [1.82, 2.24) is 4.90 Å². The van der Waals surface area contributed by atoms with Gasteiger partial charge in [-0.1, -0.05) is 36.4 Å². The molecule has 0 unspecified atom stereocenters. The zero-order chi connectivity index (χ0) is 21.2. The van der Waals surface area contributed by atoms with Gasteiger partial charge in [0.15, 0.2) is 9.84 Å². The molecule has 152 valence electrons. The van der Waals surface area contributed by atoms with Gasteiger partial charge in [0.05, 0.1) is 10.6 Å². The van der Waals surface area contributed by atoms with Crippen LogP contribution < -0.4 is 0 Å². The molecule has 0 aliphatic carbocycles. The molecule has 3 nitrogen and oxygen atoms in total. The van der Waals surface area contributed by atoms with Crippen LogP contribution >= 0.6 is 0 Å². The molecule has 3 rings (SSSR count). The van der Waals surface area contributed by atoms with Crippen molar-refractivity contribution in [2.75, 3.05) is 14.1 Å². The van der Waals surface area contributed by atoms with E-state index in [-0.39, 0.29) is 16.2 Å². The summed E-state index contributed by atoms with van der Waals surface area (Å²) in [6, 6.07) is 15.5. The number of hydrogen-bond donors (Lipinski definition) is 0. The predicted octanol–water partition coefficient (Wildman–Crippen LogP) is 4.98. The number of rotatable bonds is 6. The Morgan fingerprint density at radius 2 is 1.62 bits per heavy atom. The molecule has 0 N–H and O–H groups in total. The maximum Gasteiger partial charge on any atom is 0.182 e. The minimum Gasteiger partial charge on any atom is -0.305 e. The number of hydrogen-bond acceptors (Lipinski definition) is 3. The van der Waals surface area contributed by atoms with Crippen LogP contribution in [0, 0.1) is 18.6 Å². The summed E-state index contributed by atoms with van der Waals surface area (Å²) in [4.78, 5) is 2.23. The zero-order valence-electron chi connectivity index (χ0n) is 16.6. The Kier molecular flexibility index (Phi) is 6.15. The van der Waals surface area contributed by atoms with Crippen LogP contribution in [0.25, 0.3) is 11.1 Å². The largest absolute Gasteiger partial charge is 0.305 e. The standard InChI is InChI=1S/C23H23F2NO2S/c1-16-11-19(21-9-8-20(24)13-22(21)25)7-10-23(16)29(27,28)15-18-6-4-5-17(12-18)14-26(2)3/h4-13H,14-15H2,1-3H3. The van der Waals surface area contributed by atoms with Gasteiger partial charge in [0.25, 0.3) is 0 Å². The van der Waals surface area contributed by atoms with Crippen molar-refractivity contribution in [2.45, 2.75) is 24.1 Å². The monoisotopic (exact) mass is 415 g/mol. The number of halogens is 2. The second kappa shape index (κ2) is 8.43. The van der Waals surface area contributed by atoms with Crippen molar-refractivity contribution in [3.05, 3.63) is 89.0 Å². The Labute approximate surface area is 170 Å². The normalized spacial score (nSPS) is 11.8. The van der Waals surface area contributed by atoms with Crippen LogP contribution in [0.15, 0.2) is 65.6 Å². The molecule has 0 spiro atoms. The molecule has 29 heavy (non-hydrogen) atoms. The first kappa shape index (κ1) is 21.1. The van der Waals surface area contributed by atoms with E-state index in [4.69, 9.17) is 0 Å². The molecule has 0 bridgehead atoms. The Bertz CT molecular complexity index is 1140. The fourth-order valence-corrected chi connectivity index (χ4v) is 4.97. The number of sulfone groups is 1. The van der Waals surface area contributed by atoms with Gasteiger partial charge in [-0.15, -0.1) is 0 Å². The van der Waals surface area contributed by atoms with Gasteiger partial charge in [0.1, 0.15) is 11.6 Å². The Morgan fingerprint density at radius 3 is 2.28 bits per heavy atom. The summed E-state index contributed by atoms with van der Waals surface area (Å²) < 4.78 is 53.2. The summed E-state index contributed by atoms with van der Waals surface area (Å²) in [5, 5.41) is 0. The van der Waals surface area contributed by atoms with E-state index >= 15 is 0 Å². The highest BCUT2D eigenvalue weighted by atomic mass is 32.2. The highest BCUT2D eigenvalue weighted by Gasteiger charge is 2.19. The third-order valence-electron chi connectivity index (χ3n) is 4.60. The molecular weight excluding hydrogens is 392 g/mol. The summed E-state index contributed by atoms with van der Waals surface area (Å²) in [7, 11) is 0.341. The second-order valence-corrected chi connectivity index (χ2v) is 9.38. The summed E-state index contributed by atoms with van der Waals surface area (Å²) >= 11 is 0. The first-order valence-electron chi connectivity index (χ1n) is 9.17. The summed E-state index contributed by atoms with van der Waals surface area (Å²) in [6.07, 6.45) is 0. The summed E-state index contributed by atoms with van der Waals surface area (Å²) in [5.41, 5.74) is 3.02. The maximum atomic E-state index is 14.1. The van der Waals surface area contributed by atoms with Gasteiger partial charge in [0, 0.05) is 18.2 Å². The molecule has 0 heterocycles. The van der Waals surface area contributed by atoms with E-state index in [2.05, 4.69) is 0 Å². The molecule has 0 aliphatic heterocycles. The van der Waals surface area contributed by atoms with E-state index in [1.807, 2.05) is 37.2 Å². The zero-order valence-corrected chi connectivity index (χ0v) is 17.4. The number of benzene rings is 3. The molecule has 0 saturated heterocycles. The third-order valence-corrected chi connectivity index (χ3v) is 6.44. The van der Waals surface area contributed by atoms with Crippen molar-refractivity contribution >= 4 is 9.84 Å². The first-order valence-corrected chi connectivity index (χ1v) is 10.8. The van der Waals surface area contributed by atoms with Gasteiger partial charge in [-0.2, -0.15) is 0 Å². The van der Waals surface area contributed by atoms with Gasteiger partial charge < -0.3 is 4.90 Å². The van der Waals surface area contributed by atoms with Gasteiger partial charge in [-0.05, 0) is 61.5 Å². The minimum absolute atomic E-state index is 0.112. The maximum absolute atomic E-state index is 14.1. The minimum atomic E-state index is -3.57. The first-order chi connectivity index (χ1) is 13.7. The van der Waals surface area contributed by atoms with E-state index in [1.165, 1.54) is 18.2 Å². The van der Waals surface area contributed by atoms with Gasteiger partial charge >= 0.3 is 0 Å². The molecular formula is C23H23F2NO2S. The lowest BCUT2D eigenvalue weighted by Crippen LogP contribution is -2.11. The van der Waals surface area contributed by atoms with Crippen molar-refractivity contribution in [2.24, 2.45) is 0 Å². The lowest BCUT2D eigenvalue weighted by Gasteiger charge is -2.13. The van der Waals surface area contributed by atoms with Gasteiger partial charge in [0.2, 0.25) is 0 Å². The lowest BCUT2D eigenvalue weighted by atomic mass is 10.0. The fourth-order valence-electron chi connectivity index (χ4n) is 3.37. The van der Waals surface area contributed by atoms with Crippen molar-refractivity contribution in [1.29, 1.82) is 0 Å². The summed E-state index contributed by atoms with van der Waals surface area (Å²) in [6.45, 7) is 2.41. The molecule has 0 atom stereocenters. The summed E-state index contributed by atoms with van der Waals surface area (Å²) in [5.74, 6) is -1.45. The molecule has 0 radical (unpaired) electrons. The average molecular weight is 416 g/mol. The SMILES string of the molecule is Cc1cc(-c2ccc(F)cc2F)ccc1S(=O)(=O)Cc1cccc(CN(C)C)c1. The van der Waals surface area contributed by atoms with Crippen molar-refractivity contribution < 1.29 is 17.2 Å². The van der Waals surface area contributed by atoms with Crippen LogP contribution in [0.2, 0.25) is 0 Å². The topological polar surface area (TPSA) is 37.4 Å². The van der Waals surface area contributed by atoms with Crippen LogP contribution in [0.3, 0.4) is 0 Å². The fraction of sp³-hybridized carbons (Fsp3) is 0.217. The molecule has 3 aromatic carbocycles. The van der Waals surface area contributed by atoms with Crippen LogP contribution in [-0.2, 0) is 22.1 Å². The molecule has 0 amide bonds. The van der Waals surface area contributed by atoms with Crippen LogP contribution in [0.1, 0.15) is 16.7 Å². The van der Waals surface area contributed by atoms with Gasteiger partial charge in [-0.3, -0.25) is 0 Å². The highest BCUT2D eigenvalue weighted by molar-refractivity contribution is 7.90. The van der Waals surface area contributed by atoms with Crippen LogP contribution in [0.5, 0.6) is 0 Å². The lowest BCUT2D eigenvalue weighted by molar-refractivity contribution is 0.402. The number of nitrogens with zero attached hydrogens (tertiary/aromatic N) is 1. The van der Waals surface area contributed by atoms with E-state index in [0.717, 1.165) is 23.7 Å². The van der Waals surface area contributed by atoms with E-state index in [1.54, 1.807) is 25.1 Å². The van der Waals surface area contributed by atoms with Crippen LogP contribution in [0.4, 0.5) is 8.78 Å². The Balaban J connectivity index is 1.90. The molecule has 0 fully saturated rings. The van der Waals surface area contributed by atoms with Gasteiger partial charge in [-0.25, -0.2) is 17.2 Å². The quantitative estimate of drug-likeness (QED) is 0.570. The predicted molar refractivity (Wildman–Crippen MR) is 111 cm³/mol. The molecule has 0 aliphatic rings. The molecule has 6 heteroatoms. The molecule has 0 aromatic heterocycles. The van der Waals surface area contributed by atoms with Crippen LogP contribution in [-0.4, -0.2) is 27.4 Å². The Hall–Kier alpha value is -2.57. The van der Waals surface area contributed by atoms with Crippen molar-refractivity contribution in [3.63, 3.8) is 0 Å². The second-order valence-electron chi connectivity index (χ2n) is 7.42. The Morgan fingerprint density at radius 1 is 0.897 bits per heavy atom. The van der Waals surface area contributed by atoms with E-state index in [9.17, 15) is 17.2 Å².